The van der Waals surface area contributed by atoms with Gasteiger partial charge < -0.3 is 0 Å². The lowest BCUT2D eigenvalue weighted by Crippen LogP contribution is -1.93. The van der Waals surface area contributed by atoms with Crippen LogP contribution >= 0.6 is 0 Å². The number of hydrogen-bond acceptors (Lipinski definition) is 2. The first-order valence-corrected chi connectivity index (χ1v) is 7.20. The number of nitrogens with zero attached hydrogens (tertiary/aromatic N) is 2. The van der Waals surface area contributed by atoms with Gasteiger partial charge in [0.2, 0.25) is 0 Å². The Kier molecular flexibility index (Phi) is 4.10. The number of fused-ring (bicyclic) bond motifs is 3. The van der Waals surface area contributed by atoms with E-state index in [2.05, 4.69) is 0 Å². The van der Waals surface area contributed by atoms with Crippen LogP contribution in [0.25, 0.3) is 16.7 Å². The number of benzene rings is 2. The molecule has 118 valence electrons. The summed E-state index contributed by atoms with van der Waals surface area (Å²) < 4.78 is 39.7. The Hall–Kier alpha value is -3.05. The van der Waals surface area contributed by atoms with Crippen molar-refractivity contribution in [2.45, 2.75) is 20.0 Å². The molecule has 0 aliphatic heterocycles. The highest BCUT2D eigenvalue weighted by atomic mass is 19.1. The van der Waals surface area contributed by atoms with Gasteiger partial charge in [-0.05, 0) is 57.1 Å². The zero-order chi connectivity index (χ0) is 17.3. The molecule has 3 rings (SSSR count). The van der Waals surface area contributed by atoms with Gasteiger partial charge in [-0.3, -0.25) is 0 Å². The summed E-state index contributed by atoms with van der Waals surface area (Å²) in [6.07, 6.45) is 0. The Morgan fingerprint density at radius 3 is 2.04 bits per heavy atom. The molecule has 0 bridgehead atoms. The topological polar surface area (TPSA) is 47.6 Å². The van der Waals surface area contributed by atoms with E-state index in [4.69, 9.17) is 0 Å². The highest BCUT2D eigenvalue weighted by molar-refractivity contribution is 6.05. The highest BCUT2D eigenvalue weighted by Gasteiger charge is 2.29. The summed E-state index contributed by atoms with van der Waals surface area (Å²) in [6.45, 7) is -2.28. The van der Waals surface area contributed by atoms with E-state index in [1.807, 2.05) is 12.1 Å². The maximum Gasteiger partial charge on any atom is 0.138 e. The zero-order valence-corrected chi connectivity index (χ0v) is 12.5. The van der Waals surface area contributed by atoms with E-state index in [9.17, 15) is 23.7 Å². The number of hydrogen-bond donors (Lipinski definition) is 0. The van der Waals surface area contributed by atoms with E-state index in [0.29, 0.717) is 39.0 Å². The predicted molar refractivity (Wildman–Crippen MR) is 83.6 cm³/mol. The number of rotatable bonds is 3. The lowest BCUT2D eigenvalue weighted by molar-refractivity contribution is 0.475. The molecule has 5 heteroatoms. The fraction of sp³-hybridized carbons (Fsp3) is 0.158. The van der Waals surface area contributed by atoms with E-state index in [0.717, 1.165) is 0 Å². The monoisotopic (exact) mass is 324 g/mol. The quantitative estimate of drug-likeness (QED) is 0.642. The van der Waals surface area contributed by atoms with Crippen molar-refractivity contribution in [3.05, 3.63) is 63.7 Å². The van der Waals surface area contributed by atoms with Crippen molar-refractivity contribution in [1.82, 2.24) is 0 Å². The summed E-state index contributed by atoms with van der Waals surface area (Å²) in [4.78, 5) is 0. The molecule has 0 saturated carbocycles. The molecule has 2 aromatic carbocycles. The summed E-state index contributed by atoms with van der Waals surface area (Å²) in [6, 6.07) is 11.4. The van der Waals surface area contributed by atoms with Gasteiger partial charge in [0.15, 0.2) is 0 Å². The maximum atomic E-state index is 13.5. The Morgan fingerprint density at radius 2 is 1.46 bits per heavy atom. The third-order valence-corrected chi connectivity index (χ3v) is 4.10. The van der Waals surface area contributed by atoms with Crippen LogP contribution in [0.2, 0.25) is 0 Å². The second-order valence-corrected chi connectivity index (χ2v) is 5.43. The first kappa shape index (κ1) is 15.8. The van der Waals surface area contributed by atoms with Crippen LogP contribution in [-0.2, 0) is 20.0 Å². The third kappa shape index (κ3) is 2.26. The van der Waals surface area contributed by atoms with Gasteiger partial charge in [0.05, 0.1) is 0 Å². The average Bonchev–Trinajstić information content (AvgIpc) is 2.95. The molecular weight excluding hydrogens is 313 g/mol. The van der Waals surface area contributed by atoms with Crippen molar-refractivity contribution < 1.29 is 13.2 Å². The zero-order valence-electron chi connectivity index (χ0n) is 12.5. The van der Waals surface area contributed by atoms with E-state index >= 15 is 0 Å². The van der Waals surface area contributed by atoms with E-state index in [1.165, 1.54) is 12.1 Å². The standard InChI is InChI=1S/C19H11F3N2/c20-6-11-1-2-15-16(4-11)19(14(9-23)10-24)17-5-12(7-21)3-13(8-22)18(15)17/h1-5H,6-8H2. The van der Waals surface area contributed by atoms with Crippen molar-refractivity contribution in [2.75, 3.05) is 0 Å². The summed E-state index contributed by atoms with van der Waals surface area (Å²) in [5.74, 6) is 0. The molecule has 0 spiro atoms. The van der Waals surface area contributed by atoms with Crippen LogP contribution in [0.3, 0.4) is 0 Å². The van der Waals surface area contributed by atoms with Gasteiger partial charge in [-0.15, -0.1) is 0 Å². The summed E-state index contributed by atoms with van der Waals surface area (Å²) >= 11 is 0. The smallest absolute Gasteiger partial charge is 0.138 e. The van der Waals surface area contributed by atoms with Gasteiger partial charge in [-0.25, -0.2) is 13.2 Å². The molecule has 2 nitrogen and oxygen atoms in total. The fourth-order valence-corrected chi connectivity index (χ4v) is 3.12. The van der Waals surface area contributed by atoms with Crippen LogP contribution in [0, 0.1) is 22.7 Å². The van der Waals surface area contributed by atoms with Gasteiger partial charge in [0, 0.05) is 5.57 Å². The molecule has 0 heterocycles. The van der Waals surface area contributed by atoms with E-state index < -0.39 is 20.0 Å². The second-order valence-electron chi connectivity index (χ2n) is 5.43. The number of allylic oxidation sites excluding steroid dienone is 1. The lowest BCUT2D eigenvalue weighted by atomic mass is 9.95. The lowest BCUT2D eigenvalue weighted by Gasteiger charge is -2.09. The first-order valence-electron chi connectivity index (χ1n) is 7.20. The molecule has 24 heavy (non-hydrogen) atoms. The molecule has 1 aliphatic rings. The minimum atomic E-state index is -0.803. The van der Waals surface area contributed by atoms with Crippen LogP contribution in [0.4, 0.5) is 13.2 Å². The van der Waals surface area contributed by atoms with Crippen molar-refractivity contribution in [3.8, 4) is 23.3 Å². The molecule has 0 radical (unpaired) electrons. The van der Waals surface area contributed by atoms with Crippen molar-refractivity contribution >= 4 is 5.57 Å². The molecule has 0 fully saturated rings. The molecule has 0 amide bonds. The van der Waals surface area contributed by atoms with Crippen molar-refractivity contribution in [1.29, 1.82) is 10.5 Å². The summed E-state index contributed by atoms with van der Waals surface area (Å²) in [7, 11) is 0. The predicted octanol–water partition coefficient (Wildman–Crippen LogP) is 4.92. The SMILES string of the molecule is N#CC(C#N)=C1c2cc(CF)ccc2-c2c(CF)cc(CF)cc21. The van der Waals surface area contributed by atoms with Crippen LogP contribution < -0.4 is 0 Å². The van der Waals surface area contributed by atoms with Gasteiger partial charge >= 0.3 is 0 Å². The molecule has 2 aromatic rings. The first-order chi connectivity index (χ1) is 11.7. The molecule has 0 atom stereocenters. The fourth-order valence-electron chi connectivity index (χ4n) is 3.12. The van der Waals surface area contributed by atoms with Gasteiger partial charge in [-0.2, -0.15) is 10.5 Å². The minimum Gasteiger partial charge on any atom is -0.246 e. The highest BCUT2D eigenvalue weighted by Crippen LogP contribution is 2.48. The number of halogens is 3. The van der Waals surface area contributed by atoms with E-state index in [-0.39, 0.29) is 11.1 Å². The average molecular weight is 324 g/mol. The van der Waals surface area contributed by atoms with Crippen molar-refractivity contribution in [2.24, 2.45) is 0 Å². The van der Waals surface area contributed by atoms with E-state index in [1.54, 1.807) is 18.2 Å². The molecule has 0 aromatic heterocycles. The molecule has 0 saturated heterocycles. The number of nitriles is 2. The Labute approximate surface area is 137 Å². The van der Waals surface area contributed by atoms with Crippen LogP contribution in [0.15, 0.2) is 35.9 Å². The van der Waals surface area contributed by atoms with Gasteiger partial charge in [0.1, 0.15) is 37.7 Å². The van der Waals surface area contributed by atoms with Crippen molar-refractivity contribution in [3.63, 3.8) is 0 Å². The minimum absolute atomic E-state index is 0.160. The molecule has 0 N–H and O–H groups in total. The Bertz CT molecular complexity index is 930. The van der Waals surface area contributed by atoms with Crippen LogP contribution in [0.1, 0.15) is 27.8 Å². The van der Waals surface area contributed by atoms with Crippen LogP contribution in [0.5, 0.6) is 0 Å². The Balaban J connectivity index is 2.46. The Morgan fingerprint density at radius 1 is 0.792 bits per heavy atom. The normalized spacial score (nSPS) is 11.5. The molecule has 1 aliphatic carbocycles. The third-order valence-electron chi connectivity index (χ3n) is 4.10. The largest absolute Gasteiger partial charge is 0.246 e. The summed E-state index contributed by atoms with van der Waals surface area (Å²) in [5, 5.41) is 18.5. The summed E-state index contributed by atoms with van der Waals surface area (Å²) in [5.41, 5.74) is 3.21. The van der Waals surface area contributed by atoms with Gasteiger partial charge in [-0.1, -0.05) is 12.1 Å². The maximum absolute atomic E-state index is 13.5. The number of alkyl halides is 3. The second kappa shape index (κ2) is 6.22. The molecule has 0 unspecified atom stereocenters. The van der Waals surface area contributed by atoms with Gasteiger partial charge in [0.25, 0.3) is 0 Å². The van der Waals surface area contributed by atoms with Crippen LogP contribution in [-0.4, -0.2) is 0 Å². The molecular formula is C19H11F3N2.